The quantitative estimate of drug-likeness (QED) is 0.916. The molecule has 1 aliphatic rings. The molecule has 0 amide bonds. The minimum Gasteiger partial charge on any atom is -0.329 e. The lowest BCUT2D eigenvalue weighted by atomic mass is 9.78. The molecule has 112 valence electrons. The van der Waals surface area contributed by atoms with Crippen molar-refractivity contribution in [1.82, 2.24) is 4.90 Å². The van der Waals surface area contributed by atoms with Crippen LogP contribution in [-0.2, 0) is 0 Å². The van der Waals surface area contributed by atoms with Crippen LogP contribution in [-0.4, -0.2) is 24.5 Å². The third-order valence-corrected chi connectivity index (χ3v) is 4.86. The van der Waals surface area contributed by atoms with E-state index >= 15 is 0 Å². The first-order valence-corrected chi connectivity index (χ1v) is 7.39. The summed E-state index contributed by atoms with van der Waals surface area (Å²) < 4.78 is 27.3. The van der Waals surface area contributed by atoms with E-state index in [9.17, 15) is 8.78 Å². The predicted molar refractivity (Wildman–Crippen MR) is 77.4 cm³/mol. The fourth-order valence-corrected chi connectivity index (χ4v) is 2.98. The van der Waals surface area contributed by atoms with E-state index in [-0.39, 0.29) is 6.04 Å². The Morgan fingerprint density at radius 1 is 1.30 bits per heavy atom. The first kappa shape index (κ1) is 15.4. The maximum absolute atomic E-state index is 14.0. The Morgan fingerprint density at radius 2 is 1.95 bits per heavy atom. The van der Waals surface area contributed by atoms with Gasteiger partial charge in [0.25, 0.3) is 0 Å². The number of nitrogens with two attached hydrogens (primary N) is 1. The SMILES string of the molecule is CCC1(C)CCN(C(CN)c2cccc(F)c2F)CC1. The van der Waals surface area contributed by atoms with Crippen molar-refractivity contribution in [3.8, 4) is 0 Å². The van der Waals surface area contributed by atoms with E-state index in [1.54, 1.807) is 12.1 Å². The number of likely N-dealkylation sites (tertiary alicyclic amines) is 1. The number of piperidine rings is 1. The van der Waals surface area contributed by atoms with Crippen LogP contribution < -0.4 is 5.73 Å². The van der Waals surface area contributed by atoms with Crippen LogP contribution in [0.4, 0.5) is 8.78 Å². The topological polar surface area (TPSA) is 29.3 Å². The molecule has 1 aromatic carbocycles. The number of hydrogen-bond acceptors (Lipinski definition) is 2. The van der Waals surface area contributed by atoms with Crippen LogP contribution in [0.25, 0.3) is 0 Å². The fourth-order valence-electron chi connectivity index (χ4n) is 2.98. The Bertz CT molecular complexity index is 454. The molecule has 0 spiro atoms. The molecule has 2 N–H and O–H groups in total. The van der Waals surface area contributed by atoms with E-state index in [0.717, 1.165) is 38.4 Å². The molecule has 1 unspecified atom stereocenters. The van der Waals surface area contributed by atoms with Crippen molar-refractivity contribution in [3.05, 3.63) is 35.4 Å². The summed E-state index contributed by atoms with van der Waals surface area (Å²) in [7, 11) is 0. The fraction of sp³-hybridized carbons (Fsp3) is 0.625. The monoisotopic (exact) mass is 282 g/mol. The highest BCUT2D eigenvalue weighted by atomic mass is 19.2. The highest BCUT2D eigenvalue weighted by molar-refractivity contribution is 5.23. The first-order valence-electron chi connectivity index (χ1n) is 7.39. The van der Waals surface area contributed by atoms with Crippen molar-refractivity contribution in [2.45, 2.75) is 39.2 Å². The maximum atomic E-state index is 14.0. The molecule has 0 saturated carbocycles. The molecule has 0 aliphatic carbocycles. The number of rotatable bonds is 4. The van der Waals surface area contributed by atoms with Gasteiger partial charge in [-0.05, 0) is 37.4 Å². The molecule has 0 aromatic heterocycles. The molecular formula is C16H24F2N2. The molecule has 0 bridgehead atoms. The number of nitrogens with zero attached hydrogens (tertiary/aromatic N) is 1. The Kier molecular flexibility index (Phi) is 4.76. The Morgan fingerprint density at radius 3 is 2.50 bits per heavy atom. The summed E-state index contributed by atoms with van der Waals surface area (Å²) in [5.41, 5.74) is 6.58. The summed E-state index contributed by atoms with van der Waals surface area (Å²) in [6.45, 7) is 6.60. The number of benzene rings is 1. The molecule has 2 rings (SSSR count). The van der Waals surface area contributed by atoms with E-state index in [4.69, 9.17) is 5.73 Å². The molecule has 2 nitrogen and oxygen atoms in total. The van der Waals surface area contributed by atoms with Crippen LogP contribution in [0.2, 0.25) is 0 Å². The Hall–Kier alpha value is -1.00. The normalized spacial score (nSPS) is 20.9. The lowest BCUT2D eigenvalue weighted by Gasteiger charge is -2.42. The van der Waals surface area contributed by atoms with E-state index in [1.165, 1.54) is 0 Å². The second-order valence-corrected chi connectivity index (χ2v) is 6.09. The molecule has 4 heteroatoms. The summed E-state index contributed by atoms with van der Waals surface area (Å²) in [6, 6.07) is 4.11. The lowest BCUT2D eigenvalue weighted by Crippen LogP contribution is -2.43. The zero-order chi connectivity index (χ0) is 14.8. The second-order valence-electron chi connectivity index (χ2n) is 6.09. The molecule has 1 fully saturated rings. The highest BCUT2D eigenvalue weighted by Gasteiger charge is 2.32. The van der Waals surface area contributed by atoms with Crippen molar-refractivity contribution in [3.63, 3.8) is 0 Å². The molecule has 1 saturated heterocycles. The summed E-state index contributed by atoms with van der Waals surface area (Å²) >= 11 is 0. The van der Waals surface area contributed by atoms with Gasteiger partial charge in [0.1, 0.15) is 0 Å². The van der Waals surface area contributed by atoms with Crippen molar-refractivity contribution in [2.24, 2.45) is 11.1 Å². The van der Waals surface area contributed by atoms with Gasteiger partial charge in [-0.25, -0.2) is 8.78 Å². The van der Waals surface area contributed by atoms with Crippen LogP contribution in [0.3, 0.4) is 0 Å². The second kappa shape index (κ2) is 6.19. The zero-order valence-corrected chi connectivity index (χ0v) is 12.3. The van der Waals surface area contributed by atoms with Gasteiger partial charge < -0.3 is 5.73 Å². The van der Waals surface area contributed by atoms with Crippen LogP contribution in [0.15, 0.2) is 18.2 Å². The van der Waals surface area contributed by atoms with Gasteiger partial charge >= 0.3 is 0 Å². The minimum atomic E-state index is -0.795. The van der Waals surface area contributed by atoms with Crippen LogP contribution >= 0.6 is 0 Å². The van der Waals surface area contributed by atoms with Crippen molar-refractivity contribution >= 4 is 0 Å². The summed E-state index contributed by atoms with van der Waals surface area (Å²) in [6.07, 6.45) is 3.32. The van der Waals surface area contributed by atoms with E-state index in [0.29, 0.717) is 17.5 Å². The van der Waals surface area contributed by atoms with Crippen LogP contribution in [0.5, 0.6) is 0 Å². The van der Waals surface area contributed by atoms with Gasteiger partial charge in [0.15, 0.2) is 11.6 Å². The Labute approximate surface area is 120 Å². The van der Waals surface area contributed by atoms with E-state index in [1.807, 2.05) is 0 Å². The molecule has 1 aromatic rings. The van der Waals surface area contributed by atoms with E-state index < -0.39 is 11.6 Å². The molecular weight excluding hydrogens is 258 g/mol. The van der Waals surface area contributed by atoms with Gasteiger partial charge in [-0.3, -0.25) is 4.90 Å². The highest BCUT2D eigenvalue weighted by Crippen LogP contribution is 2.37. The zero-order valence-electron chi connectivity index (χ0n) is 12.3. The van der Waals surface area contributed by atoms with Gasteiger partial charge in [-0.2, -0.15) is 0 Å². The van der Waals surface area contributed by atoms with Crippen molar-refractivity contribution in [1.29, 1.82) is 0 Å². The number of hydrogen-bond donors (Lipinski definition) is 1. The van der Waals surface area contributed by atoms with Gasteiger partial charge in [-0.1, -0.05) is 32.4 Å². The lowest BCUT2D eigenvalue weighted by molar-refractivity contribution is 0.0813. The van der Waals surface area contributed by atoms with Crippen LogP contribution in [0, 0.1) is 17.0 Å². The van der Waals surface area contributed by atoms with Gasteiger partial charge in [0.05, 0.1) is 6.04 Å². The van der Waals surface area contributed by atoms with Crippen molar-refractivity contribution in [2.75, 3.05) is 19.6 Å². The minimum absolute atomic E-state index is 0.230. The molecule has 1 aliphatic heterocycles. The number of halogens is 2. The Balaban J connectivity index is 2.16. The summed E-state index contributed by atoms with van der Waals surface area (Å²) in [4.78, 5) is 2.19. The molecule has 1 atom stereocenters. The smallest absolute Gasteiger partial charge is 0.163 e. The average molecular weight is 282 g/mol. The standard InChI is InChI=1S/C16H24F2N2/c1-3-16(2)7-9-20(10-8-16)14(11-19)12-5-4-6-13(17)15(12)18/h4-6,14H,3,7-11,19H2,1-2H3. The van der Waals surface area contributed by atoms with Gasteiger partial charge in [0, 0.05) is 12.1 Å². The average Bonchev–Trinajstić information content (AvgIpc) is 2.46. The van der Waals surface area contributed by atoms with Gasteiger partial charge in [0.2, 0.25) is 0 Å². The summed E-state index contributed by atoms with van der Waals surface area (Å²) in [5.74, 6) is -1.55. The molecule has 0 radical (unpaired) electrons. The van der Waals surface area contributed by atoms with Gasteiger partial charge in [-0.15, -0.1) is 0 Å². The maximum Gasteiger partial charge on any atom is 0.163 e. The van der Waals surface area contributed by atoms with Crippen molar-refractivity contribution < 1.29 is 8.78 Å². The largest absolute Gasteiger partial charge is 0.329 e. The third kappa shape index (κ3) is 3.01. The summed E-state index contributed by atoms with van der Waals surface area (Å²) in [5, 5.41) is 0. The molecule has 20 heavy (non-hydrogen) atoms. The van der Waals surface area contributed by atoms with E-state index in [2.05, 4.69) is 18.7 Å². The predicted octanol–water partition coefficient (Wildman–Crippen LogP) is 3.48. The third-order valence-electron chi connectivity index (χ3n) is 4.86. The molecule has 1 heterocycles. The van der Waals surface area contributed by atoms with Crippen LogP contribution in [0.1, 0.15) is 44.7 Å². The first-order chi connectivity index (χ1) is 9.50.